The second-order valence-electron chi connectivity index (χ2n) is 7.42. The quantitative estimate of drug-likeness (QED) is 0.800. The molecule has 4 nitrogen and oxygen atoms in total. The molecule has 2 heterocycles. The zero-order chi connectivity index (χ0) is 19.0. The molecular formula is C23H24O4. The zero-order valence-corrected chi connectivity index (χ0v) is 15.9. The first-order chi connectivity index (χ1) is 13.0. The van der Waals surface area contributed by atoms with Crippen LogP contribution in [0.4, 0.5) is 0 Å². The Morgan fingerprint density at radius 3 is 2.81 bits per heavy atom. The van der Waals surface area contributed by atoms with Crippen LogP contribution in [-0.2, 0) is 0 Å². The lowest BCUT2D eigenvalue weighted by Crippen LogP contribution is -2.27. The van der Waals surface area contributed by atoms with Crippen molar-refractivity contribution in [2.45, 2.75) is 32.8 Å². The van der Waals surface area contributed by atoms with E-state index in [1.165, 1.54) is 0 Å². The fraction of sp³-hybridized carbons (Fsp3) is 0.304. The molecule has 1 N–H and O–H groups in total. The van der Waals surface area contributed by atoms with Crippen LogP contribution in [0, 0.1) is 0 Å². The summed E-state index contributed by atoms with van der Waals surface area (Å²) in [6.07, 6.45) is 7.10. The summed E-state index contributed by atoms with van der Waals surface area (Å²) in [4.78, 5) is 0. The Hall–Kier alpha value is -2.88. The number of fused-ring (bicyclic) bond motifs is 3. The maximum Gasteiger partial charge on any atom is 0.137 e. The fourth-order valence-corrected chi connectivity index (χ4v) is 3.35. The third-order valence-electron chi connectivity index (χ3n) is 4.70. The number of hydrogen-bond donors (Lipinski definition) is 1. The molecule has 2 aromatic carbocycles. The predicted molar refractivity (Wildman–Crippen MR) is 107 cm³/mol. The van der Waals surface area contributed by atoms with Gasteiger partial charge in [0.05, 0.1) is 12.2 Å². The molecule has 27 heavy (non-hydrogen) atoms. The second-order valence-corrected chi connectivity index (χ2v) is 7.42. The molecule has 0 fully saturated rings. The number of phenolic OH excluding ortho intramolecular Hbond substituents is 1. The largest absolute Gasteiger partial charge is 0.507 e. The molecule has 2 aliphatic rings. The SMILES string of the molecule is CCCOc1ccc(C2=Cc3ccc4c(c3OC2)C=CC(C)(C)O4)c(O)c1. The summed E-state index contributed by atoms with van der Waals surface area (Å²) < 4.78 is 17.7. The smallest absolute Gasteiger partial charge is 0.137 e. The van der Waals surface area contributed by atoms with E-state index in [2.05, 4.69) is 19.1 Å². The molecule has 4 rings (SSSR count). The normalized spacial score (nSPS) is 16.5. The van der Waals surface area contributed by atoms with Crippen molar-refractivity contribution in [1.82, 2.24) is 0 Å². The van der Waals surface area contributed by atoms with Crippen LogP contribution in [0.5, 0.6) is 23.0 Å². The van der Waals surface area contributed by atoms with Gasteiger partial charge in [0.15, 0.2) is 0 Å². The highest BCUT2D eigenvalue weighted by atomic mass is 16.5. The third-order valence-corrected chi connectivity index (χ3v) is 4.70. The number of phenols is 1. The van der Waals surface area contributed by atoms with Gasteiger partial charge in [-0.1, -0.05) is 6.92 Å². The molecule has 0 bridgehead atoms. The van der Waals surface area contributed by atoms with Crippen molar-refractivity contribution in [3.05, 3.63) is 53.1 Å². The van der Waals surface area contributed by atoms with Crippen LogP contribution in [0.15, 0.2) is 36.4 Å². The topological polar surface area (TPSA) is 47.9 Å². The lowest BCUT2D eigenvalue weighted by molar-refractivity contribution is 0.158. The monoisotopic (exact) mass is 364 g/mol. The summed E-state index contributed by atoms with van der Waals surface area (Å²) in [6, 6.07) is 9.39. The molecule has 0 saturated carbocycles. The average molecular weight is 364 g/mol. The molecule has 0 aliphatic carbocycles. The summed E-state index contributed by atoms with van der Waals surface area (Å²) >= 11 is 0. The van der Waals surface area contributed by atoms with Crippen LogP contribution in [-0.4, -0.2) is 23.9 Å². The highest BCUT2D eigenvalue weighted by Crippen LogP contribution is 2.43. The van der Waals surface area contributed by atoms with Crippen LogP contribution in [0.2, 0.25) is 0 Å². The third kappa shape index (κ3) is 3.39. The predicted octanol–water partition coefficient (Wildman–Crippen LogP) is 5.30. The molecule has 0 radical (unpaired) electrons. The van der Waals surface area contributed by atoms with E-state index in [1.807, 2.05) is 44.2 Å². The highest BCUT2D eigenvalue weighted by molar-refractivity contribution is 5.89. The fourth-order valence-electron chi connectivity index (χ4n) is 3.35. The first-order valence-electron chi connectivity index (χ1n) is 9.31. The molecule has 0 unspecified atom stereocenters. The van der Waals surface area contributed by atoms with Gasteiger partial charge < -0.3 is 19.3 Å². The van der Waals surface area contributed by atoms with E-state index >= 15 is 0 Å². The van der Waals surface area contributed by atoms with E-state index in [1.54, 1.807) is 6.07 Å². The van der Waals surface area contributed by atoms with Crippen LogP contribution in [0.3, 0.4) is 0 Å². The van der Waals surface area contributed by atoms with E-state index in [9.17, 15) is 5.11 Å². The number of ether oxygens (including phenoxy) is 3. The van der Waals surface area contributed by atoms with E-state index < -0.39 is 0 Å². The van der Waals surface area contributed by atoms with Gasteiger partial charge in [0.2, 0.25) is 0 Å². The van der Waals surface area contributed by atoms with Gasteiger partial charge in [-0.3, -0.25) is 0 Å². The first-order valence-corrected chi connectivity index (χ1v) is 9.31. The Balaban J connectivity index is 1.66. The molecule has 2 aliphatic heterocycles. The van der Waals surface area contributed by atoms with Gasteiger partial charge in [-0.25, -0.2) is 0 Å². The molecule has 0 saturated heterocycles. The van der Waals surface area contributed by atoms with Gasteiger partial charge in [-0.15, -0.1) is 0 Å². The minimum absolute atomic E-state index is 0.199. The van der Waals surface area contributed by atoms with E-state index in [-0.39, 0.29) is 11.4 Å². The Labute approximate surface area is 159 Å². The van der Waals surface area contributed by atoms with Gasteiger partial charge in [0.1, 0.15) is 35.2 Å². The van der Waals surface area contributed by atoms with E-state index in [0.717, 1.165) is 40.2 Å². The first kappa shape index (κ1) is 17.5. The summed E-state index contributed by atoms with van der Waals surface area (Å²) in [7, 11) is 0. The van der Waals surface area contributed by atoms with Crippen molar-refractivity contribution < 1.29 is 19.3 Å². The van der Waals surface area contributed by atoms with Gasteiger partial charge >= 0.3 is 0 Å². The van der Waals surface area contributed by atoms with Crippen LogP contribution < -0.4 is 14.2 Å². The Kier molecular flexibility index (Phi) is 4.34. The summed E-state index contributed by atoms with van der Waals surface area (Å²) in [5.74, 6) is 2.53. The molecule has 0 amide bonds. The molecule has 140 valence electrons. The lowest BCUT2D eigenvalue weighted by Gasteiger charge is -2.30. The van der Waals surface area contributed by atoms with Crippen molar-refractivity contribution >= 4 is 17.7 Å². The molecule has 0 aromatic heterocycles. The van der Waals surface area contributed by atoms with Gasteiger partial charge in [-0.05, 0) is 62.8 Å². The van der Waals surface area contributed by atoms with Crippen molar-refractivity contribution in [3.8, 4) is 23.0 Å². The van der Waals surface area contributed by atoms with Crippen molar-refractivity contribution in [2.24, 2.45) is 0 Å². The standard InChI is InChI=1S/C23H24O4/c1-4-11-25-17-6-7-18(20(24)13-17)16-12-15-5-8-21-19(22(15)26-14-16)9-10-23(2,3)27-21/h5-10,12-13,24H,4,11,14H2,1-3H3. The Morgan fingerprint density at radius 1 is 1.19 bits per heavy atom. The van der Waals surface area contributed by atoms with Crippen molar-refractivity contribution in [2.75, 3.05) is 13.2 Å². The van der Waals surface area contributed by atoms with E-state index in [4.69, 9.17) is 14.2 Å². The minimum Gasteiger partial charge on any atom is -0.507 e. The number of aromatic hydroxyl groups is 1. The second kappa shape index (κ2) is 6.69. The number of benzene rings is 2. The molecule has 2 aromatic rings. The lowest BCUT2D eigenvalue weighted by atomic mass is 9.95. The van der Waals surface area contributed by atoms with Crippen molar-refractivity contribution in [3.63, 3.8) is 0 Å². The maximum atomic E-state index is 10.4. The molecule has 0 spiro atoms. The van der Waals surface area contributed by atoms with Crippen LogP contribution in [0.1, 0.15) is 43.9 Å². The highest BCUT2D eigenvalue weighted by Gasteiger charge is 2.26. The Bertz CT molecular complexity index is 938. The minimum atomic E-state index is -0.315. The summed E-state index contributed by atoms with van der Waals surface area (Å²) in [5.41, 5.74) is 3.33. The summed E-state index contributed by atoms with van der Waals surface area (Å²) in [6.45, 7) is 7.14. The molecule has 0 atom stereocenters. The van der Waals surface area contributed by atoms with Gasteiger partial charge in [0.25, 0.3) is 0 Å². The summed E-state index contributed by atoms with van der Waals surface area (Å²) in [5, 5.41) is 10.4. The van der Waals surface area contributed by atoms with Gasteiger partial charge in [0, 0.05) is 22.8 Å². The van der Waals surface area contributed by atoms with E-state index in [0.29, 0.717) is 19.0 Å². The maximum absolute atomic E-state index is 10.4. The Morgan fingerprint density at radius 2 is 2.04 bits per heavy atom. The van der Waals surface area contributed by atoms with Gasteiger partial charge in [-0.2, -0.15) is 0 Å². The molecule has 4 heteroatoms. The zero-order valence-electron chi connectivity index (χ0n) is 15.9. The molecular weight excluding hydrogens is 340 g/mol. The van der Waals surface area contributed by atoms with Crippen LogP contribution >= 0.6 is 0 Å². The number of rotatable bonds is 4. The average Bonchev–Trinajstić information content (AvgIpc) is 2.65. The number of hydrogen-bond acceptors (Lipinski definition) is 4. The van der Waals surface area contributed by atoms with Crippen LogP contribution in [0.25, 0.3) is 17.7 Å². The van der Waals surface area contributed by atoms with Crippen molar-refractivity contribution in [1.29, 1.82) is 0 Å².